The molecule has 1 fully saturated rings. The molecule has 1 aliphatic heterocycles. The molecule has 0 aliphatic carbocycles. The molecule has 2 heterocycles. The summed E-state index contributed by atoms with van der Waals surface area (Å²) in [5, 5.41) is 3.64. The van der Waals surface area contributed by atoms with Gasteiger partial charge in [0.15, 0.2) is 0 Å². The van der Waals surface area contributed by atoms with E-state index in [1.807, 2.05) is 7.05 Å². The van der Waals surface area contributed by atoms with Crippen LogP contribution in [0.1, 0.15) is 16.8 Å². The van der Waals surface area contributed by atoms with E-state index in [-0.39, 0.29) is 11.9 Å². The molecule has 0 spiro atoms. The van der Waals surface area contributed by atoms with E-state index in [1.165, 1.54) is 6.20 Å². The lowest BCUT2D eigenvalue weighted by Crippen LogP contribution is -2.38. The molecule has 1 aromatic rings. The van der Waals surface area contributed by atoms with Gasteiger partial charge in [0.2, 0.25) is 0 Å². The number of hydrogen-bond acceptors (Lipinski definition) is 3. The fraction of sp³-hybridized carbons (Fsp3) is 0.455. The molecular weight excluding hydrogens is 226 g/mol. The van der Waals surface area contributed by atoms with Crippen molar-refractivity contribution in [1.29, 1.82) is 0 Å². The predicted molar refractivity (Wildman–Crippen MR) is 62.6 cm³/mol. The van der Waals surface area contributed by atoms with Crippen LogP contribution in [0.15, 0.2) is 18.5 Å². The van der Waals surface area contributed by atoms with Crippen molar-refractivity contribution in [3.63, 3.8) is 0 Å². The summed E-state index contributed by atoms with van der Waals surface area (Å²) in [6.07, 6.45) is 4.07. The van der Waals surface area contributed by atoms with Gasteiger partial charge in [0.1, 0.15) is 0 Å². The summed E-state index contributed by atoms with van der Waals surface area (Å²) in [5.41, 5.74) is 0.520. The first-order chi connectivity index (χ1) is 7.70. The number of carbonyl (C=O) groups is 1. The molecule has 5 heteroatoms. The molecule has 1 saturated heterocycles. The second kappa shape index (κ2) is 4.80. The fourth-order valence-corrected chi connectivity index (χ4v) is 2.07. The van der Waals surface area contributed by atoms with Crippen LogP contribution in [0.4, 0.5) is 0 Å². The average molecular weight is 240 g/mol. The number of pyridine rings is 1. The summed E-state index contributed by atoms with van der Waals surface area (Å²) in [4.78, 5) is 17.8. The lowest BCUT2D eigenvalue weighted by atomic mass is 10.2. The van der Waals surface area contributed by atoms with Crippen LogP contribution in [0.3, 0.4) is 0 Å². The minimum Gasteiger partial charge on any atom is -0.337 e. The standard InChI is InChI=1S/C11H14ClN3O/c1-15(8-2-4-13-6-8)11(16)9-3-5-14-7-10(9)12/h3,5,7-8,13H,2,4,6H2,1H3. The molecule has 86 valence electrons. The van der Waals surface area contributed by atoms with E-state index in [0.29, 0.717) is 10.6 Å². The van der Waals surface area contributed by atoms with E-state index in [1.54, 1.807) is 17.2 Å². The number of nitrogens with one attached hydrogen (secondary N) is 1. The number of nitrogens with zero attached hydrogens (tertiary/aromatic N) is 2. The lowest BCUT2D eigenvalue weighted by Gasteiger charge is -2.24. The van der Waals surface area contributed by atoms with Crippen LogP contribution in [-0.2, 0) is 0 Å². The Hall–Kier alpha value is -1.13. The van der Waals surface area contributed by atoms with Gasteiger partial charge in [-0.25, -0.2) is 0 Å². The Morgan fingerprint density at radius 3 is 3.12 bits per heavy atom. The number of rotatable bonds is 2. The van der Waals surface area contributed by atoms with Crippen LogP contribution < -0.4 is 5.32 Å². The second-order valence-electron chi connectivity index (χ2n) is 3.92. The van der Waals surface area contributed by atoms with Crippen molar-refractivity contribution in [3.8, 4) is 0 Å². The SMILES string of the molecule is CN(C(=O)c1ccncc1Cl)C1CCNC1. The van der Waals surface area contributed by atoms with Crippen molar-refractivity contribution in [2.75, 3.05) is 20.1 Å². The highest BCUT2D eigenvalue weighted by Gasteiger charge is 2.24. The first-order valence-electron chi connectivity index (χ1n) is 5.27. The highest BCUT2D eigenvalue weighted by Crippen LogP contribution is 2.17. The van der Waals surface area contributed by atoms with E-state index in [4.69, 9.17) is 11.6 Å². The van der Waals surface area contributed by atoms with Crippen LogP contribution in [0.5, 0.6) is 0 Å². The molecule has 1 amide bonds. The number of aromatic nitrogens is 1. The Morgan fingerprint density at radius 2 is 2.50 bits per heavy atom. The molecule has 0 radical (unpaired) electrons. The highest BCUT2D eigenvalue weighted by molar-refractivity contribution is 6.33. The molecule has 16 heavy (non-hydrogen) atoms. The summed E-state index contributed by atoms with van der Waals surface area (Å²) >= 11 is 5.94. The van der Waals surface area contributed by atoms with Crippen LogP contribution in [-0.4, -0.2) is 42.0 Å². The molecule has 0 bridgehead atoms. The van der Waals surface area contributed by atoms with Gasteiger partial charge in [0.25, 0.3) is 5.91 Å². The first kappa shape index (κ1) is 11.4. The van der Waals surface area contributed by atoms with Crippen LogP contribution >= 0.6 is 11.6 Å². The predicted octanol–water partition coefficient (Wildman–Crippen LogP) is 1.17. The summed E-state index contributed by atoms with van der Waals surface area (Å²) in [6, 6.07) is 1.92. The van der Waals surface area contributed by atoms with Gasteiger partial charge in [-0.3, -0.25) is 9.78 Å². The molecule has 2 rings (SSSR count). The molecule has 1 aliphatic rings. The topological polar surface area (TPSA) is 45.2 Å². The Balaban J connectivity index is 2.15. The summed E-state index contributed by atoms with van der Waals surface area (Å²) in [7, 11) is 1.82. The maximum absolute atomic E-state index is 12.1. The Kier molecular flexibility index (Phi) is 3.41. The maximum Gasteiger partial charge on any atom is 0.255 e. The van der Waals surface area contributed by atoms with Crippen molar-refractivity contribution >= 4 is 17.5 Å². The summed E-state index contributed by atoms with van der Waals surface area (Å²) in [6.45, 7) is 1.82. The largest absolute Gasteiger partial charge is 0.337 e. The first-order valence-corrected chi connectivity index (χ1v) is 5.65. The summed E-state index contributed by atoms with van der Waals surface area (Å²) < 4.78 is 0. The van der Waals surface area contributed by atoms with E-state index in [0.717, 1.165) is 19.5 Å². The number of amides is 1. The van der Waals surface area contributed by atoms with Crippen LogP contribution in [0.25, 0.3) is 0 Å². The summed E-state index contributed by atoms with van der Waals surface area (Å²) in [5.74, 6) is -0.0406. The van der Waals surface area contributed by atoms with Gasteiger partial charge in [-0.1, -0.05) is 11.6 Å². The Morgan fingerprint density at radius 1 is 1.69 bits per heavy atom. The maximum atomic E-state index is 12.1. The van der Waals surface area contributed by atoms with Crippen LogP contribution in [0, 0.1) is 0 Å². The van der Waals surface area contributed by atoms with E-state index >= 15 is 0 Å². The van der Waals surface area contributed by atoms with Crippen molar-refractivity contribution in [1.82, 2.24) is 15.2 Å². The Bertz CT molecular complexity index is 391. The average Bonchev–Trinajstić information content (AvgIpc) is 2.81. The quantitative estimate of drug-likeness (QED) is 0.843. The molecule has 1 unspecified atom stereocenters. The zero-order chi connectivity index (χ0) is 11.5. The minimum atomic E-state index is -0.0406. The van der Waals surface area contributed by atoms with Gasteiger partial charge in [-0.05, 0) is 19.0 Å². The van der Waals surface area contributed by atoms with E-state index in [9.17, 15) is 4.79 Å². The van der Waals surface area contributed by atoms with Gasteiger partial charge in [0.05, 0.1) is 10.6 Å². The van der Waals surface area contributed by atoms with Gasteiger partial charge < -0.3 is 10.2 Å². The van der Waals surface area contributed by atoms with E-state index < -0.39 is 0 Å². The van der Waals surface area contributed by atoms with Gasteiger partial charge in [0, 0.05) is 32.0 Å². The molecule has 4 nitrogen and oxygen atoms in total. The third kappa shape index (κ3) is 2.18. The number of halogens is 1. The third-order valence-corrected chi connectivity index (χ3v) is 3.21. The zero-order valence-corrected chi connectivity index (χ0v) is 9.87. The zero-order valence-electron chi connectivity index (χ0n) is 9.11. The number of likely N-dealkylation sites (N-methyl/N-ethyl adjacent to an activating group) is 1. The molecule has 1 aromatic heterocycles. The van der Waals surface area contributed by atoms with E-state index in [2.05, 4.69) is 10.3 Å². The normalized spacial score (nSPS) is 19.8. The second-order valence-corrected chi connectivity index (χ2v) is 4.33. The van der Waals surface area contributed by atoms with Crippen molar-refractivity contribution in [2.45, 2.75) is 12.5 Å². The van der Waals surface area contributed by atoms with Gasteiger partial charge in [-0.2, -0.15) is 0 Å². The molecule has 0 aromatic carbocycles. The molecule has 0 saturated carbocycles. The minimum absolute atomic E-state index is 0.0406. The van der Waals surface area contributed by atoms with Crippen molar-refractivity contribution in [2.24, 2.45) is 0 Å². The third-order valence-electron chi connectivity index (χ3n) is 2.91. The monoisotopic (exact) mass is 239 g/mol. The van der Waals surface area contributed by atoms with Gasteiger partial charge in [-0.15, -0.1) is 0 Å². The number of carbonyl (C=O) groups excluding carboxylic acids is 1. The fourth-order valence-electron chi connectivity index (χ4n) is 1.87. The smallest absolute Gasteiger partial charge is 0.255 e. The lowest BCUT2D eigenvalue weighted by molar-refractivity contribution is 0.0744. The van der Waals surface area contributed by atoms with Crippen molar-refractivity contribution in [3.05, 3.63) is 29.0 Å². The highest BCUT2D eigenvalue weighted by atomic mass is 35.5. The molecular formula is C11H14ClN3O. The Labute approximate surface area is 99.6 Å². The molecule has 1 N–H and O–H groups in total. The molecule has 1 atom stereocenters. The number of hydrogen-bond donors (Lipinski definition) is 1. The van der Waals surface area contributed by atoms with Crippen LogP contribution in [0.2, 0.25) is 5.02 Å². The van der Waals surface area contributed by atoms with Gasteiger partial charge >= 0.3 is 0 Å². The van der Waals surface area contributed by atoms with Crippen molar-refractivity contribution < 1.29 is 4.79 Å².